The van der Waals surface area contributed by atoms with Gasteiger partial charge in [0, 0.05) is 18.3 Å². The minimum absolute atomic E-state index is 0.00260. The minimum Gasteiger partial charge on any atom is -0.462 e. The van der Waals surface area contributed by atoms with Crippen LogP contribution >= 0.6 is 0 Å². The quantitative estimate of drug-likeness (QED) is 0.299. The van der Waals surface area contributed by atoms with Crippen LogP contribution in [-0.4, -0.2) is 29.9 Å². The van der Waals surface area contributed by atoms with E-state index in [1.165, 1.54) is 18.9 Å². The summed E-state index contributed by atoms with van der Waals surface area (Å²) in [6.07, 6.45) is 15.3. The van der Waals surface area contributed by atoms with Crippen LogP contribution in [0.3, 0.4) is 0 Å². The van der Waals surface area contributed by atoms with Gasteiger partial charge in [-0.25, -0.2) is 0 Å². The predicted octanol–water partition coefficient (Wildman–Crippen LogP) is 9.02. The second-order valence-corrected chi connectivity index (χ2v) is 18.4. The number of esters is 2. The lowest BCUT2D eigenvalue weighted by Crippen LogP contribution is -2.66. The zero-order valence-corrected chi connectivity index (χ0v) is 29.3. The maximum absolute atomic E-state index is 14.7. The molecule has 0 amide bonds. The van der Waals surface area contributed by atoms with Crippen LogP contribution in [0.15, 0.2) is 11.6 Å². The molecule has 0 N–H and O–H groups in total. The molecular weight excluding hydrogens is 548 g/mol. The van der Waals surface area contributed by atoms with Crippen molar-refractivity contribution >= 4 is 17.7 Å². The first-order valence-electron chi connectivity index (χ1n) is 18.1. The van der Waals surface area contributed by atoms with Crippen molar-refractivity contribution in [1.29, 1.82) is 0 Å². The highest BCUT2D eigenvalue weighted by Crippen LogP contribution is 2.75. The van der Waals surface area contributed by atoms with Crippen molar-refractivity contribution in [3.63, 3.8) is 0 Å². The van der Waals surface area contributed by atoms with Crippen LogP contribution in [0.25, 0.3) is 0 Å². The topological polar surface area (TPSA) is 69.7 Å². The first-order chi connectivity index (χ1) is 20.4. The maximum Gasteiger partial charge on any atom is 0.312 e. The lowest BCUT2D eigenvalue weighted by atomic mass is 9.33. The lowest BCUT2D eigenvalue weighted by molar-refractivity contribution is -0.210. The van der Waals surface area contributed by atoms with Gasteiger partial charge in [-0.05, 0) is 129 Å². The number of carbonyl (C=O) groups is 3. The number of fused-ring (bicyclic) bond motifs is 7. The number of carbonyl (C=O) groups excluding carboxylic acids is 3. The molecule has 0 radical (unpaired) electrons. The van der Waals surface area contributed by atoms with Crippen LogP contribution in [0.1, 0.15) is 146 Å². The van der Waals surface area contributed by atoms with Gasteiger partial charge in [-0.15, -0.1) is 0 Å². The molecule has 44 heavy (non-hydrogen) atoms. The van der Waals surface area contributed by atoms with Crippen molar-refractivity contribution in [2.45, 2.75) is 158 Å². The van der Waals surface area contributed by atoms with E-state index >= 15 is 0 Å². The summed E-state index contributed by atoms with van der Waals surface area (Å²) in [7, 11) is 0. The summed E-state index contributed by atoms with van der Waals surface area (Å²) < 4.78 is 12.2. The largest absolute Gasteiger partial charge is 0.462 e. The van der Waals surface area contributed by atoms with Crippen molar-refractivity contribution in [3.8, 4) is 0 Å². The predicted molar refractivity (Wildman–Crippen MR) is 172 cm³/mol. The normalized spacial score (nSPS) is 49.8. The molecule has 5 heteroatoms. The standard InChI is InChI=1S/C39H60O5/c1-24-12-10-11-13-29(24)44-33(42)36(6)19-18-35(5)20-21-38(8)26(27(35)23-36)22-28(41)32-37(7)16-15-31(43-25(2)40)34(3,4)30(37)14-17-39(32,38)9/h22,24,27,29-32H,10-21,23H2,1-9H3/t24-,27-,29-,30-,31-,32-,35+,36+,37-,38+,39-/m0/s1. The summed E-state index contributed by atoms with van der Waals surface area (Å²) in [5.41, 5.74) is 0.393. The second kappa shape index (κ2) is 10.4. The zero-order valence-electron chi connectivity index (χ0n) is 29.3. The Bertz CT molecular complexity index is 1250. The highest BCUT2D eigenvalue weighted by Gasteiger charge is 2.70. The molecule has 0 aromatic carbocycles. The van der Waals surface area contributed by atoms with E-state index in [0.717, 1.165) is 77.0 Å². The third kappa shape index (κ3) is 4.54. The molecule has 5 nitrogen and oxygen atoms in total. The van der Waals surface area contributed by atoms with Crippen molar-refractivity contribution in [2.24, 2.45) is 56.2 Å². The lowest BCUT2D eigenvalue weighted by Gasteiger charge is -2.70. The summed E-state index contributed by atoms with van der Waals surface area (Å²) in [4.78, 5) is 40.6. The van der Waals surface area contributed by atoms with Crippen LogP contribution in [0.2, 0.25) is 0 Å². The molecule has 0 saturated heterocycles. The fourth-order valence-electron chi connectivity index (χ4n) is 12.5. The summed E-state index contributed by atoms with van der Waals surface area (Å²) in [5, 5.41) is 0. The van der Waals surface area contributed by atoms with Gasteiger partial charge in [-0.2, -0.15) is 0 Å². The molecule has 6 rings (SSSR count). The average molecular weight is 609 g/mol. The van der Waals surface area contributed by atoms with Crippen molar-refractivity contribution < 1.29 is 23.9 Å². The first-order valence-corrected chi connectivity index (χ1v) is 18.1. The van der Waals surface area contributed by atoms with E-state index < -0.39 is 5.41 Å². The van der Waals surface area contributed by atoms with E-state index in [1.54, 1.807) is 0 Å². The molecule has 6 aliphatic rings. The smallest absolute Gasteiger partial charge is 0.312 e. The Kier molecular flexibility index (Phi) is 7.65. The number of hydrogen-bond donors (Lipinski definition) is 0. The number of rotatable bonds is 3. The molecule has 0 aliphatic heterocycles. The molecule has 0 heterocycles. The van der Waals surface area contributed by atoms with Crippen LogP contribution in [0, 0.1) is 56.2 Å². The van der Waals surface area contributed by atoms with Crippen molar-refractivity contribution in [1.82, 2.24) is 0 Å². The van der Waals surface area contributed by atoms with Crippen LogP contribution in [0.4, 0.5) is 0 Å². The van der Waals surface area contributed by atoms with Gasteiger partial charge >= 0.3 is 11.9 Å². The molecule has 5 saturated carbocycles. The third-order valence-electron chi connectivity index (χ3n) is 15.6. The molecule has 0 aromatic rings. The monoisotopic (exact) mass is 608 g/mol. The first kappa shape index (κ1) is 32.3. The Morgan fingerprint density at radius 1 is 0.818 bits per heavy atom. The van der Waals surface area contributed by atoms with E-state index in [2.05, 4.69) is 61.5 Å². The molecule has 0 aromatic heterocycles. The van der Waals surface area contributed by atoms with Crippen molar-refractivity contribution in [2.75, 3.05) is 0 Å². The molecule has 11 atom stereocenters. The number of ether oxygens (including phenoxy) is 2. The Morgan fingerprint density at radius 3 is 2.18 bits per heavy atom. The Morgan fingerprint density at radius 2 is 1.50 bits per heavy atom. The van der Waals surface area contributed by atoms with Gasteiger partial charge in [0.15, 0.2) is 5.78 Å². The molecule has 6 aliphatic carbocycles. The zero-order chi connectivity index (χ0) is 32.1. The Hall–Kier alpha value is -1.65. The van der Waals surface area contributed by atoms with Gasteiger partial charge in [-0.3, -0.25) is 14.4 Å². The number of allylic oxidation sites excluding steroid dienone is 2. The van der Waals surface area contributed by atoms with Crippen LogP contribution in [0.5, 0.6) is 0 Å². The number of hydrogen-bond acceptors (Lipinski definition) is 5. The van der Waals surface area contributed by atoms with E-state index in [-0.39, 0.29) is 63.1 Å². The average Bonchev–Trinajstić information content (AvgIpc) is 2.93. The van der Waals surface area contributed by atoms with Gasteiger partial charge < -0.3 is 9.47 Å². The fraction of sp³-hybridized carbons (Fsp3) is 0.872. The minimum atomic E-state index is -0.510. The molecule has 0 unspecified atom stereocenters. The highest BCUT2D eigenvalue weighted by molar-refractivity contribution is 5.95. The van der Waals surface area contributed by atoms with Gasteiger partial charge in [0.1, 0.15) is 12.2 Å². The summed E-state index contributed by atoms with van der Waals surface area (Å²) >= 11 is 0. The summed E-state index contributed by atoms with van der Waals surface area (Å²) in [6.45, 7) is 20.2. The second-order valence-electron chi connectivity index (χ2n) is 18.4. The Balaban J connectivity index is 1.33. The van der Waals surface area contributed by atoms with E-state index in [0.29, 0.717) is 17.6 Å². The van der Waals surface area contributed by atoms with E-state index in [1.807, 2.05) is 0 Å². The SMILES string of the molecule is CC(=O)O[C@H]1CC[C@@]2(C)[C@@H](CC[C@@]3(C)[C@H]2C(=O)C=C2[C@@H]4C[C@](C)(C(=O)O[C@H]5CCCC[C@@H]5C)CC[C@]4(C)CC[C@]23C)C1(C)C. The fourth-order valence-corrected chi connectivity index (χ4v) is 12.5. The molecule has 0 spiro atoms. The molecule has 0 bridgehead atoms. The number of ketones is 1. The summed E-state index contributed by atoms with van der Waals surface area (Å²) in [5.74, 6) is 1.03. The molecular formula is C39H60O5. The van der Waals surface area contributed by atoms with Crippen molar-refractivity contribution in [3.05, 3.63) is 11.6 Å². The van der Waals surface area contributed by atoms with Gasteiger partial charge in [-0.1, -0.05) is 60.5 Å². The van der Waals surface area contributed by atoms with E-state index in [4.69, 9.17) is 9.47 Å². The van der Waals surface area contributed by atoms with Crippen LogP contribution < -0.4 is 0 Å². The Labute approximate surface area is 267 Å². The van der Waals surface area contributed by atoms with Crippen LogP contribution in [-0.2, 0) is 23.9 Å². The van der Waals surface area contributed by atoms with Gasteiger partial charge in [0.2, 0.25) is 0 Å². The van der Waals surface area contributed by atoms with Gasteiger partial charge in [0.25, 0.3) is 0 Å². The molecule has 246 valence electrons. The van der Waals surface area contributed by atoms with E-state index in [9.17, 15) is 14.4 Å². The highest BCUT2D eigenvalue weighted by atomic mass is 16.5. The summed E-state index contributed by atoms with van der Waals surface area (Å²) in [6, 6.07) is 0. The van der Waals surface area contributed by atoms with Gasteiger partial charge in [0.05, 0.1) is 5.41 Å². The maximum atomic E-state index is 14.7. The molecule has 5 fully saturated rings. The third-order valence-corrected chi connectivity index (χ3v) is 15.6.